The van der Waals surface area contributed by atoms with Gasteiger partial charge in [-0.15, -0.1) is 0 Å². The van der Waals surface area contributed by atoms with Crippen molar-refractivity contribution in [2.75, 3.05) is 13.6 Å². The SMILES string of the molecule is CCC(=O)[C@@H]1C2CCC(C[C@@H]1c1ccc(Cl)cc1)CN2C. The largest absolute Gasteiger partial charge is 0.302 e. The van der Waals surface area contributed by atoms with Crippen molar-refractivity contribution in [3.05, 3.63) is 34.9 Å². The standard InChI is InChI=1S/C18H24ClNO/c1-3-17(21)18-15(13-5-7-14(19)8-6-13)10-12-4-9-16(18)20(2)11-12/h5-8,12,15-16,18H,3-4,9-11H2,1-2H3/t12?,15-,16?,18+/m1/s1. The predicted octanol–water partition coefficient (Wildman–Crippen LogP) is 4.13. The van der Waals surface area contributed by atoms with Crippen molar-refractivity contribution in [3.8, 4) is 0 Å². The predicted molar refractivity (Wildman–Crippen MR) is 86.7 cm³/mol. The van der Waals surface area contributed by atoms with E-state index in [1.54, 1.807) is 0 Å². The van der Waals surface area contributed by atoms with Gasteiger partial charge < -0.3 is 4.90 Å². The minimum absolute atomic E-state index is 0.147. The molecule has 0 radical (unpaired) electrons. The summed E-state index contributed by atoms with van der Waals surface area (Å²) in [6.45, 7) is 3.14. The summed E-state index contributed by atoms with van der Waals surface area (Å²) in [5, 5.41) is 0.769. The summed E-state index contributed by atoms with van der Waals surface area (Å²) < 4.78 is 0. The molecule has 2 unspecified atom stereocenters. The van der Waals surface area contributed by atoms with Gasteiger partial charge >= 0.3 is 0 Å². The molecule has 0 spiro atoms. The van der Waals surface area contributed by atoms with E-state index in [2.05, 4.69) is 24.1 Å². The van der Waals surface area contributed by atoms with Gasteiger partial charge in [-0.3, -0.25) is 4.79 Å². The number of fused-ring (bicyclic) bond motifs is 4. The van der Waals surface area contributed by atoms with Crippen molar-refractivity contribution in [2.24, 2.45) is 11.8 Å². The fourth-order valence-corrected chi connectivity index (χ4v) is 4.53. The Morgan fingerprint density at radius 2 is 2.00 bits per heavy atom. The number of carbonyl (C=O) groups excluding carboxylic acids is 1. The number of rotatable bonds is 3. The van der Waals surface area contributed by atoms with Crippen LogP contribution in [0.1, 0.15) is 44.1 Å². The molecule has 2 bridgehead atoms. The average Bonchev–Trinajstić information content (AvgIpc) is 2.74. The molecule has 0 N–H and O–H groups in total. The van der Waals surface area contributed by atoms with Crippen LogP contribution in [0.25, 0.3) is 0 Å². The number of hydrogen-bond donors (Lipinski definition) is 0. The molecule has 114 valence electrons. The summed E-state index contributed by atoms with van der Waals surface area (Å²) in [6, 6.07) is 8.57. The number of benzene rings is 1. The number of Topliss-reactive ketones (excluding diaryl/α,β-unsaturated/α-hetero) is 1. The molecule has 4 rings (SSSR count). The lowest BCUT2D eigenvalue weighted by Crippen LogP contribution is -2.45. The lowest BCUT2D eigenvalue weighted by molar-refractivity contribution is -0.125. The first-order valence-corrected chi connectivity index (χ1v) is 8.46. The Morgan fingerprint density at radius 1 is 1.29 bits per heavy atom. The van der Waals surface area contributed by atoms with E-state index in [0.29, 0.717) is 24.2 Å². The van der Waals surface area contributed by atoms with Gasteiger partial charge in [-0.05, 0) is 55.8 Å². The number of halogens is 1. The van der Waals surface area contributed by atoms with Gasteiger partial charge in [0.2, 0.25) is 0 Å². The normalized spacial score (nSPS) is 32.9. The highest BCUT2D eigenvalue weighted by Crippen LogP contribution is 2.45. The molecule has 1 aromatic rings. The first-order chi connectivity index (χ1) is 10.1. The molecule has 1 saturated carbocycles. The fourth-order valence-electron chi connectivity index (χ4n) is 4.41. The Labute approximate surface area is 132 Å². The fraction of sp³-hybridized carbons (Fsp3) is 0.611. The number of piperidine rings is 1. The maximum absolute atomic E-state index is 12.7. The Bertz CT molecular complexity index is 512. The minimum Gasteiger partial charge on any atom is -0.302 e. The van der Waals surface area contributed by atoms with Crippen LogP contribution in [0, 0.1) is 11.8 Å². The first-order valence-electron chi connectivity index (χ1n) is 8.08. The third kappa shape index (κ3) is 2.89. The second-order valence-corrected chi connectivity index (χ2v) is 7.13. The molecule has 0 aromatic heterocycles. The van der Waals surface area contributed by atoms with Crippen molar-refractivity contribution in [2.45, 2.75) is 44.6 Å². The van der Waals surface area contributed by atoms with Crippen LogP contribution in [0.2, 0.25) is 5.02 Å². The highest BCUT2D eigenvalue weighted by molar-refractivity contribution is 6.30. The zero-order valence-electron chi connectivity index (χ0n) is 12.9. The van der Waals surface area contributed by atoms with E-state index in [-0.39, 0.29) is 5.92 Å². The maximum Gasteiger partial charge on any atom is 0.137 e. The average molecular weight is 306 g/mol. The number of nitrogens with zero attached hydrogens (tertiary/aromatic N) is 1. The lowest BCUT2D eigenvalue weighted by Gasteiger charge is -2.37. The van der Waals surface area contributed by atoms with Gasteiger partial charge in [0.1, 0.15) is 5.78 Å². The van der Waals surface area contributed by atoms with Gasteiger partial charge in [-0.1, -0.05) is 30.7 Å². The molecular weight excluding hydrogens is 282 g/mol. The minimum atomic E-state index is 0.147. The van der Waals surface area contributed by atoms with E-state index in [9.17, 15) is 4.79 Å². The molecule has 2 saturated heterocycles. The third-order valence-electron chi connectivity index (χ3n) is 5.44. The zero-order valence-corrected chi connectivity index (χ0v) is 13.6. The summed E-state index contributed by atoms with van der Waals surface area (Å²) in [6.07, 6.45) is 4.22. The molecule has 3 heteroatoms. The third-order valence-corrected chi connectivity index (χ3v) is 5.69. The monoisotopic (exact) mass is 305 g/mol. The number of hydrogen-bond acceptors (Lipinski definition) is 2. The van der Waals surface area contributed by atoms with Crippen molar-refractivity contribution in [1.29, 1.82) is 0 Å². The molecule has 1 aromatic carbocycles. The topological polar surface area (TPSA) is 20.3 Å². The van der Waals surface area contributed by atoms with Crippen LogP contribution in [-0.4, -0.2) is 30.3 Å². The molecule has 0 amide bonds. The Morgan fingerprint density at radius 3 is 2.62 bits per heavy atom. The van der Waals surface area contributed by atoms with Crippen LogP contribution in [0.5, 0.6) is 0 Å². The van der Waals surface area contributed by atoms with E-state index in [4.69, 9.17) is 11.6 Å². The summed E-state index contributed by atoms with van der Waals surface area (Å²) in [7, 11) is 2.19. The van der Waals surface area contributed by atoms with E-state index in [0.717, 1.165) is 23.9 Å². The summed E-state index contributed by atoms with van der Waals surface area (Å²) in [4.78, 5) is 15.1. The van der Waals surface area contributed by atoms with Crippen LogP contribution in [0.15, 0.2) is 24.3 Å². The highest BCUT2D eigenvalue weighted by Gasteiger charge is 2.44. The van der Waals surface area contributed by atoms with Gasteiger partial charge in [0.05, 0.1) is 0 Å². The molecule has 1 aliphatic carbocycles. The molecule has 2 aliphatic heterocycles. The quantitative estimate of drug-likeness (QED) is 0.837. The van der Waals surface area contributed by atoms with Crippen molar-refractivity contribution >= 4 is 17.4 Å². The summed E-state index contributed by atoms with van der Waals surface area (Å²) in [5.41, 5.74) is 1.29. The van der Waals surface area contributed by atoms with E-state index in [1.807, 2.05) is 19.1 Å². The molecule has 21 heavy (non-hydrogen) atoms. The Balaban J connectivity index is 1.99. The molecule has 4 atom stereocenters. The molecule has 3 aliphatic rings. The van der Waals surface area contributed by atoms with E-state index >= 15 is 0 Å². The second-order valence-electron chi connectivity index (χ2n) is 6.69. The van der Waals surface area contributed by atoms with Gasteiger partial charge in [-0.25, -0.2) is 0 Å². The van der Waals surface area contributed by atoms with Crippen molar-refractivity contribution < 1.29 is 4.79 Å². The first kappa shape index (κ1) is 15.1. The van der Waals surface area contributed by atoms with Gasteiger partial charge in [0.25, 0.3) is 0 Å². The number of carbonyl (C=O) groups is 1. The van der Waals surface area contributed by atoms with Crippen LogP contribution >= 0.6 is 11.6 Å². The van der Waals surface area contributed by atoms with Crippen molar-refractivity contribution in [1.82, 2.24) is 4.90 Å². The lowest BCUT2D eigenvalue weighted by atomic mass is 9.77. The summed E-state index contributed by atoms with van der Waals surface area (Å²) >= 11 is 6.03. The molecule has 2 heterocycles. The maximum atomic E-state index is 12.7. The van der Waals surface area contributed by atoms with Crippen molar-refractivity contribution in [3.63, 3.8) is 0 Å². The van der Waals surface area contributed by atoms with E-state index < -0.39 is 0 Å². The van der Waals surface area contributed by atoms with Gasteiger partial charge in [0, 0.05) is 29.9 Å². The zero-order chi connectivity index (χ0) is 15.0. The molecule has 2 nitrogen and oxygen atoms in total. The van der Waals surface area contributed by atoms with E-state index in [1.165, 1.54) is 18.4 Å². The van der Waals surface area contributed by atoms with Gasteiger partial charge in [0.15, 0.2) is 0 Å². The Hall–Kier alpha value is -0.860. The van der Waals surface area contributed by atoms with Crippen LogP contribution in [0.3, 0.4) is 0 Å². The summed E-state index contributed by atoms with van der Waals surface area (Å²) in [5.74, 6) is 1.65. The van der Waals surface area contributed by atoms with Gasteiger partial charge in [-0.2, -0.15) is 0 Å². The smallest absolute Gasteiger partial charge is 0.137 e. The molecule has 3 fully saturated rings. The number of ketones is 1. The second kappa shape index (κ2) is 6.10. The Kier molecular flexibility index (Phi) is 4.37. The van der Waals surface area contributed by atoms with Crippen LogP contribution < -0.4 is 0 Å². The van der Waals surface area contributed by atoms with Crippen LogP contribution in [-0.2, 0) is 4.79 Å². The molecular formula is C18H24ClNO. The highest BCUT2D eigenvalue weighted by atomic mass is 35.5. The van der Waals surface area contributed by atoms with Crippen LogP contribution in [0.4, 0.5) is 0 Å².